The smallest absolute Gasteiger partial charge is 0.267 e. The van der Waals surface area contributed by atoms with E-state index in [1.165, 1.54) is 4.68 Å². The van der Waals surface area contributed by atoms with Gasteiger partial charge in [0.25, 0.3) is 11.5 Å². The molecule has 1 aromatic carbocycles. The van der Waals surface area contributed by atoms with E-state index >= 15 is 0 Å². The molecule has 0 bridgehead atoms. The number of benzene rings is 1. The summed E-state index contributed by atoms with van der Waals surface area (Å²) in [6, 6.07) is 5.26. The van der Waals surface area contributed by atoms with Crippen LogP contribution in [0.25, 0.3) is 0 Å². The first-order valence-corrected chi connectivity index (χ1v) is 9.08. The molecule has 7 heteroatoms. The summed E-state index contributed by atoms with van der Waals surface area (Å²) >= 11 is 6.12. The summed E-state index contributed by atoms with van der Waals surface area (Å²) < 4.78 is 6.93. The van der Waals surface area contributed by atoms with E-state index < -0.39 is 0 Å². The van der Waals surface area contributed by atoms with Crippen LogP contribution in [0.1, 0.15) is 28.8 Å². The molecule has 0 aliphatic heterocycles. The highest BCUT2D eigenvalue weighted by Gasteiger charge is 2.14. The highest BCUT2D eigenvalue weighted by molar-refractivity contribution is 6.32. The Bertz CT molecular complexity index is 869. The fourth-order valence-corrected chi connectivity index (χ4v) is 3.20. The van der Waals surface area contributed by atoms with Crippen LogP contribution in [-0.4, -0.2) is 28.8 Å². The summed E-state index contributed by atoms with van der Waals surface area (Å²) in [6.45, 7) is 4.36. The largest absolute Gasteiger partial charge is 0.484 e. The molecule has 138 valence electrons. The van der Waals surface area contributed by atoms with Crippen molar-refractivity contribution in [1.82, 2.24) is 15.1 Å². The van der Waals surface area contributed by atoms with Crippen LogP contribution in [0.4, 0.5) is 0 Å². The van der Waals surface area contributed by atoms with Gasteiger partial charge in [-0.2, -0.15) is 5.10 Å². The zero-order valence-corrected chi connectivity index (χ0v) is 15.7. The van der Waals surface area contributed by atoms with Crippen molar-refractivity contribution in [3.8, 4) is 5.75 Å². The number of carbonyl (C=O) groups is 1. The summed E-state index contributed by atoms with van der Waals surface area (Å²) in [5.41, 5.74) is 3.74. The van der Waals surface area contributed by atoms with Gasteiger partial charge in [0.15, 0.2) is 6.61 Å². The summed E-state index contributed by atoms with van der Waals surface area (Å²) in [5, 5.41) is 7.83. The zero-order valence-electron chi connectivity index (χ0n) is 15.0. The molecule has 0 saturated carbocycles. The van der Waals surface area contributed by atoms with Gasteiger partial charge in [0.1, 0.15) is 5.75 Å². The molecule has 1 aliphatic carbocycles. The molecule has 1 aromatic heterocycles. The molecule has 0 atom stereocenters. The summed E-state index contributed by atoms with van der Waals surface area (Å²) in [5.74, 6) is 0.362. The van der Waals surface area contributed by atoms with E-state index in [9.17, 15) is 9.59 Å². The van der Waals surface area contributed by atoms with Crippen molar-refractivity contribution >= 4 is 17.5 Å². The third kappa shape index (κ3) is 4.25. The van der Waals surface area contributed by atoms with Crippen LogP contribution in [0.2, 0.25) is 5.02 Å². The predicted octanol–water partition coefficient (Wildman–Crippen LogP) is 2.20. The van der Waals surface area contributed by atoms with E-state index in [0.717, 1.165) is 41.6 Å². The Kier molecular flexibility index (Phi) is 5.61. The lowest BCUT2D eigenvalue weighted by Crippen LogP contribution is -2.34. The molecule has 0 saturated heterocycles. The van der Waals surface area contributed by atoms with E-state index in [1.807, 2.05) is 13.8 Å². The van der Waals surface area contributed by atoms with Gasteiger partial charge in [-0.15, -0.1) is 0 Å². The molecule has 0 fully saturated rings. The van der Waals surface area contributed by atoms with Crippen molar-refractivity contribution in [3.63, 3.8) is 0 Å². The lowest BCUT2D eigenvalue weighted by atomic mass is 10.1. The number of ether oxygens (including phenoxy) is 1. The number of amides is 1. The molecule has 1 heterocycles. The number of nitrogens with one attached hydrogen (secondary N) is 1. The Balaban J connectivity index is 1.48. The third-order valence-corrected chi connectivity index (χ3v) is 5.05. The molecule has 0 radical (unpaired) electrons. The van der Waals surface area contributed by atoms with Crippen molar-refractivity contribution in [3.05, 3.63) is 56.0 Å². The maximum absolute atomic E-state index is 12.0. The second kappa shape index (κ2) is 7.91. The SMILES string of the molecule is Cc1cc(OCC(=O)NCCn2nc3c(cc2=O)CCC3)cc(C)c1Cl. The number of fused-ring (bicyclic) bond motifs is 1. The zero-order chi connectivity index (χ0) is 18.7. The number of halogens is 1. The Hall–Kier alpha value is -2.34. The maximum Gasteiger partial charge on any atom is 0.267 e. The summed E-state index contributed by atoms with van der Waals surface area (Å²) in [4.78, 5) is 24.0. The van der Waals surface area contributed by atoms with Gasteiger partial charge in [-0.1, -0.05) is 11.6 Å². The molecular formula is C19H22ClN3O3. The second-order valence-electron chi connectivity index (χ2n) is 6.54. The maximum atomic E-state index is 12.0. The van der Waals surface area contributed by atoms with Gasteiger partial charge < -0.3 is 10.1 Å². The van der Waals surface area contributed by atoms with Crippen LogP contribution in [0.5, 0.6) is 5.75 Å². The molecule has 1 aliphatic rings. The quantitative estimate of drug-likeness (QED) is 0.840. The van der Waals surface area contributed by atoms with Gasteiger partial charge in [0, 0.05) is 17.6 Å². The van der Waals surface area contributed by atoms with Gasteiger partial charge in [-0.3, -0.25) is 9.59 Å². The fourth-order valence-electron chi connectivity index (χ4n) is 3.09. The standard InChI is InChI=1S/C19H22ClN3O3/c1-12-8-15(9-13(2)19(12)20)26-11-17(24)21-6-7-23-18(25)10-14-4-3-5-16(14)22-23/h8-10H,3-7,11H2,1-2H3,(H,21,24). The summed E-state index contributed by atoms with van der Waals surface area (Å²) in [6.07, 6.45) is 2.88. The highest BCUT2D eigenvalue weighted by Crippen LogP contribution is 2.25. The molecular weight excluding hydrogens is 354 g/mol. The van der Waals surface area contributed by atoms with Crippen LogP contribution in [0, 0.1) is 13.8 Å². The highest BCUT2D eigenvalue weighted by atomic mass is 35.5. The molecule has 1 N–H and O–H groups in total. The molecule has 0 spiro atoms. The lowest BCUT2D eigenvalue weighted by molar-refractivity contribution is -0.123. The van der Waals surface area contributed by atoms with Crippen molar-refractivity contribution < 1.29 is 9.53 Å². The second-order valence-corrected chi connectivity index (χ2v) is 6.92. The normalized spacial score (nSPS) is 12.7. The number of hydrogen-bond donors (Lipinski definition) is 1. The molecule has 0 unspecified atom stereocenters. The van der Waals surface area contributed by atoms with Crippen molar-refractivity contribution in [2.75, 3.05) is 13.2 Å². The third-order valence-electron chi connectivity index (χ3n) is 4.45. The van der Waals surface area contributed by atoms with Crippen molar-refractivity contribution in [1.29, 1.82) is 0 Å². The molecule has 26 heavy (non-hydrogen) atoms. The van der Waals surface area contributed by atoms with E-state index in [0.29, 0.717) is 23.9 Å². The van der Waals surface area contributed by atoms with E-state index in [-0.39, 0.29) is 18.1 Å². The number of aromatic nitrogens is 2. The summed E-state index contributed by atoms with van der Waals surface area (Å²) in [7, 11) is 0. The van der Waals surface area contributed by atoms with E-state index in [2.05, 4.69) is 10.4 Å². The first-order chi connectivity index (χ1) is 12.4. The average molecular weight is 376 g/mol. The number of aryl methyl sites for hydroxylation is 4. The topological polar surface area (TPSA) is 73.2 Å². The Morgan fingerprint density at radius 3 is 2.73 bits per heavy atom. The van der Waals surface area contributed by atoms with Crippen molar-refractivity contribution in [2.45, 2.75) is 39.7 Å². The Morgan fingerprint density at radius 2 is 2.00 bits per heavy atom. The molecule has 2 aromatic rings. The number of rotatable bonds is 6. The van der Waals surface area contributed by atoms with Crippen molar-refractivity contribution in [2.24, 2.45) is 0 Å². The fraction of sp³-hybridized carbons (Fsp3) is 0.421. The van der Waals surface area contributed by atoms with E-state index in [1.54, 1.807) is 18.2 Å². The van der Waals surface area contributed by atoms with E-state index in [4.69, 9.17) is 16.3 Å². The van der Waals surface area contributed by atoms with Gasteiger partial charge in [0.05, 0.1) is 12.2 Å². The number of carbonyl (C=O) groups excluding carboxylic acids is 1. The Labute approximate surface area is 157 Å². The van der Waals surface area contributed by atoms with Gasteiger partial charge in [-0.05, 0) is 61.9 Å². The van der Waals surface area contributed by atoms with Gasteiger partial charge in [0.2, 0.25) is 0 Å². The number of nitrogens with zero attached hydrogens (tertiary/aromatic N) is 2. The minimum absolute atomic E-state index is 0.0903. The molecule has 3 rings (SSSR count). The van der Waals surface area contributed by atoms with Crippen LogP contribution >= 0.6 is 11.6 Å². The van der Waals surface area contributed by atoms with Crippen LogP contribution in [0.3, 0.4) is 0 Å². The van der Waals surface area contributed by atoms with Crippen LogP contribution in [-0.2, 0) is 24.2 Å². The lowest BCUT2D eigenvalue weighted by Gasteiger charge is -2.11. The average Bonchev–Trinajstić information content (AvgIpc) is 3.05. The molecule has 6 nitrogen and oxygen atoms in total. The van der Waals surface area contributed by atoms with Crippen LogP contribution < -0.4 is 15.6 Å². The van der Waals surface area contributed by atoms with Crippen LogP contribution in [0.15, 0.2) is 23.0 Å². The number of hydrogen-bond acceptors (Lipinski definition) is 4. The Morgan fingerprint density at radius 1 is 1.27 bits per heavy atom. The predicted molar refractivity (Wildman–Crippen MR) is 100.0 cm³/mol. The molecule has 1 amide bonds. The first kappa shape index (κ1) is 18.5. The monoisotopic (exact) mass is 375 g/mol. The van der Waals surface area contributed by atoms with Gasteiger partial charge in [-0.25, -0.2) is 4.68 Å². The minimum atomic E-state index is -0.246. The van der Waals surface area contributed by atoms with Gasteiger partial charge >= 0.3 is 0 Å². The first-order valence-electron chi connectivity index (χ1n) is 8.70. The minimum Gasteiger partial charge on any atom is -0.484 e.